The fourth-order valence-corrected chi connectivity index (χ4v) is 3.85. The average Bonchev–Trinajstić information content (AvgIpc) is 2.68. The molecule has 0 aliphatic carbocycles. The van der Waals surface area contributed by atoms with E-state index in [0.29, 0.717) is 16.6 Å². The first kappa shape index (κ1) is 17.7. The SMILES string of the molecule is C[C@@H]1CN(Cc2ccc(C#N)cc2)CCN1c1ncnc2cc(Cl)ccc12. The molecular weight excluding hydrogens is 358 g/mol. The zero-order valence-electron chi connectivity index (χ0n) is 15.1. The van der Waals surface area contributed by atoms with Crippen LogP contribution in [-0.4, -0.2) is 40.5 Å². The van der Waals surface area contributed by atoms with Crippen LogP contribution in [0.25, 0.3) is 10.9 Å². The topological polar surface area (TPSA) is 56.1 Å². The molecule has 0 N–H and O–H groups in total. The van der Waals surface area contributed by atoms with Crippen LogP contribution in [0.1, 0.15) is 18.1 Å². The third kappa shape index (κ3) is 3.73. The summed E-state index contributed by atoms with van der Waals surface area (Å²) in [5.41, 5.74) is 2.81. The standard InChI is InChI=1S/C21H20ClN5/c1-15-12-26(13-17-4-2-16(11-23)3-5-17)8-9-27(15)21-19-7-6-18(22)10-20(19)24-14-25-21/h2-7,10,14-15H,8-9,12-13H2,1H3/t15-/m1/s1. The second kappa shape index (κ2) is 7.51. The maximum absolute atomic E-state index is 8.93. The van der Waals surface area contributed by atoms with Gasteiger partial charge in [-0.1, -0.05) is 23.7 Å². The summed E-state index contributed by atoms with van der Waals surface area (Å²) < 4.78 is 0. The van der Waals surface area contributed by atoms with Crippen molar-refractivity contribution in [3.63, 3.8) is 0 Å². The molecule has 2 heterocycles. The van der Waals surface area contributed by atoms with Gasteiger partial charge in [0.15, 0.2) is 0 Å². The van der Waals surface area contributed by atoms with Crippen molar-refractivity contribution in [3.05, 3.63) is 64.9 Å². The van der Waals surface area contributed by atoms with Gasteiger partial charge in [-0.15, -0.1) is 0 Å². The molecule has 5 nitrogen and oxygen atoms in total. The summed E-state index contributed by atoms with van der Waals surface area (Å²) >= 11 is 6.10. The maximum atomic E-state index is 8.93. The lowest BCUT2D eigenvalue weighted by Crippen LogP contribution is -2.52. The van der Waals surface area contributed by atoms with Crippen LogP contribution in [0, 0.1) is 11.3 Å². The van der Waals surface area contributed by atoms with Gasteiger partial charge in [0.25, 0.3) is 0 Å². The number of nitrogens with zero attached hydrogens (tertiary/aromatic N) is 5. The fraction of sp³-hybridized carbons (Fsp3) is 0.286. The monoisotopic (exact) mass is 377 g/mol. The molecule has 1 saturated heterocycles. The highest BCUT2D eigenvalue weighted by Crippen LogP contribution is 2.28. The van der Waals surface area contributed by atoms with E-state index in [1.807, 2.05) is 42.5 Å². The minimum Gasteiger partial charge on any atom is -0.351 e. The highest BCUT2D eigenvalue weighted by molar-refractivity contribution is 6.31. The van der Waals surface area contributed by atoms with Crippen molar-refractivity contribution in [1.82, 2.24) is 14.9 Å². The third-order valence-corrected chi connectivity index (χ3v) is 5.29. The van der Waals surface area contributed by atoms with E-state index < -0.39 is 0 Å². The van der Waals surface area contributed by atoms with Crippen molar-refractivity contribution < 1.29 is 0 Å². The number of benzene rings is 2. The summed E-state index contributed by atoms with van der Waals surface area (Å²) in [4.78, 5) is 13.7. The van der Waals surface area contributed by atoms with Gasteiger partial charge in [0.2, 0.25) is 0 Å². The molecule has 3 aromatic rings. The maximum Gasteiger partial charge on any atom is 0.140 e. The predicted octanol–water partition coefficient (Wildman–Crippen LogP) is 3.87. The number of fused-ring (bicyclic) bond motifs is 1. The number of hydrogen-bond donors (Lipinski definition) is 0. The van der Waals surface area contributed by atoms with Gasteiger partial charge in [0.1, 0.15) is 12.1 Å². The Balaban J connectivity index is 1.50. The molecule has 1 fully saturated rings. The van der Waals surface area contributed by atoms with Crippen molar-refractivity contribution in [2.45, 2.75) is 19.5 Å². The highest BCUT2D eigenvalue weighted by atomic mass is 35.5. The molecule has 136 valence electrons. The second-order valence-electron chi connectivity index (χ2n) is 6.95. The summed E-state index contributed by atoms with van der Waals surface area (Å²) in [6.07, 6.45) is 1.61. The lowest BCUT2D eigenvalue weighted by Gasteiger charge is -2.41. The number of aromatic nitrogens is 2. The first-order chi connectivity index (χ1) is 13.1. The molecule has 0 unspecified atom stereocenters. The Kier molecular flexibility index (Phi) is 4.93. The molecule has 1 aromatic heterocycles. The summed E-state index contributed by atoms with van der Waals surface area (Å²) in [5.74, 6) is 0.974. The third-order valence-electron chi connectivity index (χ3n) is 5.05. The molecule has 1 aliphatic rings. The predicted molar refractivity (Wildman–Crippen MR) is 108 cm³/mol. The van der Waals surface area contributed by atoms with Crippen molar-refractivity contribution in [2.24, 2.45) is 0 Å². The van der Waals surface area contributed by atoms with E-state index in [2.05, 4.69) is 32.8 Å². The highest BCUT2D eigenvalue weighted by Gasteiger charge is 2.26. The molecule has 27 heavy (non-hydrogen) atoms. The minimum atomic E-state index is 0.339. The van der Waals surface area contributed by atoms with E-state index in [9.17, 15) is 0 Å². The number of hydrogen-bond acceptors (Lipinski definition) is 5. The van der Waals surface area contributed by atoms with Crippen LogP contribution in [0.4, 0.5) is 5.82 Å². The van der Waals surface area contributed by atoms with Crippen molar-refractivity contribution in [1.29, 1.82) is 5.26 Å². The van der Waals surface area contributed by atoms with Crippen molar-refractivity contribution in [3.8, 4) is 6.07 Å². The average molecular weight is 378 g/mol. The number of anilines is 1. The minimum absolute atomic E-state index is 0.339. The first-order valence-electron chi connectivity index (χ1n) is 9.02. The molecule has 0 radical (unpaired) electrons. The van der Waals surface area contributed by atoms with Crippen LogP contribution in [0.5, 0.6) is 0 Å². The van der Waals surface area contributed by atoms with Gasteiger partial charge in [-0.05, 0) is 42.8 Å². The Labute approximate surface area is 163 Å². The zero-order valence-corrected chi connectivity index (χ0v) is 15.9. The molecule has 1 atom stereocenters. The largest absolute Gasteiger partial charge is 0.351 e. The van der Waals surface area contributed by atoms with Crippen LogP contribution < -0.4 is 4.90 Å². The van der Waals surface area contributed by atoms with Crippen LogP contribution in [-0.2, 0) is 6.54 Å². The molecule has 0 bridgehead atoms. The number of nitriles is 1. The summed E-state index contributed by atoms with van der Waals surface area (Å²) in [7, 11) is 0. The van der Waals surface area contributed by atoms with E-state index in [-0.39, 0.29) is 0 Å². The van der Waals surface area contributed by atoms with Crippen LogP contribution in [0.2, 0.25) is 5.02 Å². The van der Waals surface area contributed by atoms with Crippen molar-refractivity contribution in [2.75, 3.05) is 24.5 Å². The van der Waals surface area contributed by atoms with Crippen LogP contribution in [0.15, 0.2) is 48.8 Å². The van der Waals surface area contributed by atoms with Crippen LogP contribution in [0.3, 0.4) is 0 Å². The van der Waals surface area contributed by atoms with Gasteiger partial charge in [0, 0.05) is 42.6 Å². The van der Waals surface area contributed by atoms with Gasteiger partial charge in [-0.25, -0.2) is 9.97 Å². The van der Waals surface area contributed by atoms with Crippen molar-refractivity contribution >= 4 is 28.3 Å². The van der Waals surface area contributed by atoms with Gasteiger partial charge in [-0.2, -0.15) is 5.26 Å². The molecule has 0 saturated carbocycles. The molecule has 2 aromatic carbocycles. The van der Waals surface area contributed by atoms with E-state index in [4.69, 9.17) is 16.9 Å². The lowest BCUT2D eigenvalue weighted by molar-refractivity contribution is 0.220. The smallest absolute Gasteiger partial charge is 0.140 e. The van der Waals surface area contributed by atoms with Gasteiger partial charge >= 0.3 is 0 Å². The molecule has 0 spiro atoms. The molecule has 1 aliphatic heterocycles. The first-order valence-corrected chi connectivity index (χ1v) is 9.40. The van der Waals surface area contributed by atoms with Gasteiger partial charge < -0.3 is 4.90 Å². The normalized spacial score (nSPS) is 17.8. The summed E-state index contributed by atoms with van der Waals surface area (Å²) in [6.45, 7) is 5.95. The van der Waals surface area contributed by atoms with E-state index in [1.54, 1.807) is 6.33 Å². The Morgan fingerprint density at radius 2 is 1.96 bits per heavy atom. The van der Waals surface area contributed by atoms with E-state index in [1.165, 1.54) is 5.56 Å². The Morgan fingerprint density at radius 3 is 2.70 bits per heavy atom. The number of rotatable bonds is 3. The molecular formula is C21H20ClN5. The van der Waals surface area contributed by atoms with E-state index in [0.717, 1.165) is 42.9 Å². The second-order valence-corrected chi connectivity index (χ2v) is 7.38. The quantitative estimate of drug-likeness (QED) is 0.693. The Bertz CT molecular complexity index is 996. The number of halogens is 1. The Morgan fingerprint density at radius 1 is 1.15 bits per heavy atom. The summed E-state index contributed by atoms with van der Waals surface area (Å²) in [6, 6.07) is 16.1. The lowest BCUT2D eigenvalue weighted by atomic mass is 10.1. The zero-order chi connectivity index (χ0) is 18.8. The van der Waals surface area contributed by atoms with Gasteiger partial charge in [-0.3, -0.25) is 4.90 Å². The van der Waals surface area contributed by atoms with Gasteiger partial charge in [0.05, 0.1) is 17.1 Å². The molecule has 6 heteroatoms. The number of piperazine rings is 1. The fourth-order valence-electron chi connectivity index (χ4n) is 3.68. The van der Waals surface area contributed by atoms with E-state index >= 15 is 0 Å². The summed E-state index contributed by atoms with van der Waals surface area (Å²) in [5, 5.41) is 10.7. The molecule has 4 rings (SSSR count). The van der Waals surface area contributed by atoms with Crippen LogP contribution >= 0.6 is 11.6 Å². The Hall–Kier alpha value is -2.68. The molecule has 0 amide bonds.